The van der Waals surface area contributed by atoms with E-state index >= 15 is 0 Å². The maximum Gasteiger partial charge on any atom is 0.171 e. The Bertz CT molecular complexity index is 570. The van der Waals surface area contributed by atoms with Crippen LogP contribution in [0.2, 0.25) is 0 Å². The molecular weight excluding hydrogens is 280 g/mol. The number of pyridine rings is 1. The van der Waals surface area contributed by atoms with Crippen LogP contribution in [0.4, 0.5) is 14.6 Å². The molecule has 0 aliphatic carbocycles. The van der Waals surface area contributed by atoms with Gasteiger partial charge in [0.2, 0.25) is 0 Å². The lowest BCUT2D eigenvalue weighted by molar-refractivity contribution is 0.553. The van der Waals surface area contributed by atoms with Gasteiger partial charge in [-0.25, -0.2) is 13.8 Å². The molecule has 0 aliphatic heterocycles. The number of rotatable bonds is 4. The first kappa shape index (κ1) is 14.3. The highest BCUT2D eigenvalue weighted by Crippen LogP contribution is 2.12. The normalized spacial score (nSPS) is 10.1. The largest absolute Gasteiger partial charge is 0.362 e. The van der Waals surface area contributed by atoms with Crippen molar-refractivity contribution < 1.29 is 8.78 Å². The van der Waals surface area contributed by atoms with Gasteiger partial charge in [0.15, 0.2) is 5.11 Å². The second-order valence-electron chi connectivity index (χ2n) is 4.05. The van der Waals surface area contributed by atoms with E-state index in [0.717, 1.165) is 0 Å². The van der Waals surface area contributed by atoms with E-state index in [4.69, 9.17) is 12.2 Å². The van der Waals surface area contributed by atoms with Crippen LogP contribution < -0.4 is 10.6 Å². The standard InChI is InChI=1S/C14H13F2N3S/c15-11-4-3-5-12(16)10(11)7-9-18-14(20)19-13-6-1-2-8-17-13/h1-6,8H,7,9H2,(H2,17,18,19,20). The van der Waals surface area contributed by atoms with Gasteiger partial charge in [-0.1, -0.05) is 12.1 Å². The highest BCUT2D eigenvalue weighted by molar-refractivity contribution is 7.80. The lowest BCUT2D eigenvalue weighted by Gasteiger charge is -2.10. The van der Waals surface area contributed by atoms with Crippen molar-refractivity contribution >= 4 is 23.1 Å². The van der Waals surface area contributed by atoms with Crippen molar-refractivity contribution in [1.82, 2.24) is 10.3 Å². The highest BCUT2D eigenvalue weighted by atomic mass is 32.1. The first-order valence-electron chi connectivity index (χ1n) is 6.05. The Kier molecular flexibility index (Phi) is 4.95. The Morgan fingerprint density at radius 1 is 1.10 bits per heavy atom. The first-order chi connectivity index (χ1) is 9.66. The quantitative estimate of drug-likeness (QED) is 0.850. The van der Waals surface area contributed by atoms with Gasteiger partial charge in [-0.15, -0.1) is 0 Å². The lowest BCUT2D eigenvalue weighted by Crippen LogP contribution is -2.30. The molecule has 104 valence electrons. The summed E-state index contributed by atoms with van der Waals surface area (Å²) in [6, 6.07) is 9.21. The van der Waals surface area contributed by atoms with E-state index in [1.165, 1.54) is 18.2 Å². The number of halogens is 2. The van der Waals surface area contributed by atoms with Gasteiger partial charge in [-0.05, 0) is 42.9 Å². The van der Waals surface area contributed by atoms with Gasteiger partial charge >= 0.3 is 0 Å². The lowest BCUT2D eigenvalue weighted by atomic mass is 10.1. The molecule has 1 aromatic carbocycles. The van der Waals surface area contributed by atoms with E-state index in [9.17, 15) is 8.78 Å². The van der Waals surface area contributed by atoms with Crippen molar-refractivity contribution in [3.63, 3.8) is 0 Å². The zero-order valence-corrected chi connectivity index (χ0v) is 11.4. The summed E-state index contributed by atoms with van der Waals surface area (Å²) < 4.78 is 26.8. The van der Waals surface area contributed by atoms with Gasteiger partial charge in [0.25, 0.3) is 0 Å². The number of nitrogens with one attached hydrogen (secondary N) is 2. The Balaban J connectivity index is 1.83. The molecule has 0 radical (unpaired) electrons. The average Bonchev–Trinajstić information content (AvgIpc) is 2.43. The number of anilines is 1. The Morgan fingerprint density at radius 2 is 1.85 bits per heavy atom. The third-order valence-electron chi connectivity index (χ3n) is 2.63. The van der Waals surface area contributed by atoms with Crippen molar-refractivity contribution in [2.45, 2.75) is 6.42 Å². The molecule has 0 spiro atoms. The number of thiocarbonyl (C=S) groups is 1. The minimum Gasteiger partial charge on any atom is -0.362 e. The Hall–Kier alpha value is -2.08. The second-order valence-corrected chi connectivity index (χ2v) is 4.45. The topological polar surface area (TPSA) is 37.0 Å². The fraction of sp³-hybridized carbons (Fsp3) is 0.143. The van der Waals surface area contributed by atoms with Crippen molar-refractivity contribution in [2.24, 2.45) is 0 Å². The maximum absolute atomic E-state index is 13.4. The van der Waals surface area contributed by atoms with E-state index < -0.39 is 11.6 Å². The molecule has 0 amide bonds. The van der Waals surface area contributed by atoms with Crippen molar-refractivity contribution in [3.8, 4) is 0 Å². The average molecular weight is 293 g/mol. The van der Waals surface area contributed by atoms with Gasteiger partial charge in [-0.2, -0.15) is 0 Å². The van der Waals surface area contributed by atoms with Crippen LogP contribution in [0.25, 0.3) is 0 Å². The summed E-state index contributed by atoms with van der Waals surface area (Å²) in [5, 5.41) is 6.12. The monoisotopic (exact) mass is 293 g/mol. The molecule has 0 fully saturated rings. The second kappa shape index (κ2) is 6.91. The van der Waals surface area contributed by atoms with Crippen molar-refractivity contribution in [2.75, 3.05) is 11.9 Å². The van der Waals surface area contributed by atoms with Crippen LogP contribution in [0.5, 0.6) is 0 Å². The van der Waals surface area contributed by atoms with Crippen LogP contribution in [0, 0.1) is 11.6 Å². The smallest absolute Gasteiger partial charge is 0.171 e. The Morgan fingerprint density at radius 3 is 2.50 bits per heavy atom. The summed E-state index contributed by atoms with van der Waals surface area (Å²) >= 11 is 5.07. The molecule has 6 heteroatoms. The molecule has 0 atom stereocenters. The van der Waals surface area contributed by atoms with Gasteiger partial charge in [0.1, 0.15) is 17.5 Å². The predicted octanol–water partition coefficient (Wildman–Crippen LogP) is 2.89. The zero-order chi connectivity index (χ0) is 14.4. The molecule has 0 saturated heterocycles. The van der Waals surface area contributed by atoms with Crippen LogP contribution in [0.1, 0.15) is 5.56 Å². The van der Waals surface area contributed by atoms with E-state index in [-0.39, 0.29) is 12.0 Å². The third kappa shape index (κ3) is 3.96. The van der Waals surface area contributed by atoms with Crippen LogP contribution in [0.15, 0.2) is 42.6 Å². The molecule has 20 heavy (non-hydrogen) atoms. The maximum atomic E-state index is 13.4. The molecule has 1 heterocycles. The number of hydrogen-bond donors (Lipinski definition) is 2. The minimum atomic E-state index is -0.546. The van der Waals surface area contributed by atoms with E-state index in [1.807, 2.05) is 6.07 Å². The summed E-state index contributed by atoms with van der Waals surface area (Å²) in [6.07, 6.45) is 1.85. The Labute approximate surface area is 121 Å². The molecule has 0 unspecified atom stereocenters. The number of benzene rings is 1. The van der Waals surface area contributed by atoms with Crippen molar-refractivity contribution in [3.05, 3.63) is 59.8 Å². The summed E-state index contributed by atoms with van der Waals surface area (Å²) in [6.45, 7) is 0.330. The van der Waals surface area contributed by atoms with Gasteiger partial charge in [-0.3, -0.25) is 0 Å². The SMILES string of the molecule is Fc1cccc(F)c1CCNC(=S)Nc1ccccn1. The highest BCUT2D eigenvalue weighted by Gasteiger charge is 2.07. The van der Waals surface area contributed by atoms with Crippen LogP contribution in [-0.2, 0) is 6.42 Å². The number of nitrogens with zero attached hydrogens (tertiary/aromatic N) is 1. The summed E-state index contributed by atoms with van der Waals surface area (Å²) in [5.41, 5.74) is 0.0561. The molecule has 1 aromatic heterocycles. The summed E-state index contributed by atoms with van der Waals surface area (Å²) in [5.74, 6) is -0.479. The molecule has 0 aliphatic rings. The summed E-state index contributed by atoms with van der Waals surface area (Å²) in [7, 11) is 0. The summed E-state index contributed by atoms with van der Waals surface area (Å²) in [4.78, 5) is 4.05. The van der Waals surface area contributed by atoms with E-state index in [1.54, 1.807) is 18.3 Å². The minimum absolute atomic E-state index is 0.0561. The van der Waals surface area contributed by atoms with Gasteiger partial charge < -0.3 is 10.6 Å². The molecule has 0 saturated carbocycles. The zero-order valence-electron chi connectivity index (χ0n) is 10.6. The van der Waals surface area contributed by atoms with Gasteiger partial charge in [0.05, 0.1) is 0 Å². The molecule has 0 bridgehead atoms. The fourth-order valence-corrected chi connectivity index (χ4v) is 1.88. The van der Waals surface area contributed by atoms with Crippen LogP contribution >= 0.6 is 12.2 Å². The van der Waals surface area contributed by atoms with E-state index in [2.05, 4.69) is 15.6 Å². The molecule has 3 nitrogen and oxygen atoms in total. The molecular formula is C14H13F2N3S. The first-order valence-corrected chi connectivity index (χ1v) is 6.46. The third-order valence-corrected chi connectivity index (χ3v) is 2.88. The van der Waals surface area contributed by atoms with Gasteiger partial charge in [0, 0.05) is 18.3 Å². The van der Waals surface area contributed by atoms with Crippen molar-refractivity contribution in [1.29, 1.82) is 0 Å². The molecule has 2 N–H and O–H groups in total. The number of aromatic nitrogens is 1. The number of hydrogen-bond acceptors (Lipinski definition) is 2. The predicted molar refractivity (Wildman–Crippen MR) is 78.5 cm³/mol. The molecule has 2 aromatic rings. The van der Waals surface area contributed by atoms with Crippen LogP contribution in [0.3, 0.4) is 0 Å². The van der Waals surface area contributed by atoms with Crippen LogP contribution in [-0.4, -0.2) is 16.6 Å². The molecule has 2 rings (SSSR count). The van der Waals surface area contributed by atoms with E-state index in [0.29, 0.717) is 17.5 Å². The fourth-order valence-electron chi connectivity index (χ4n) is 1.67.